The van der Waals surface area contributed by atoms with Gasteiger partial charge in [-0.2, -0.15) is 5.10 Å². The summed E-state index contributed by atoms with van der Waals surface area (Å²) in [5.74, 6) is 0. The van der Waals surface area contributed by atoms with Gasteiger partial charge in [-0.05, 0) is 32.4 Å². The van der Waals surface area contributed by atoms with E-state index in [1.54, 1.807) is 0 Å². The maximum absolute atomic E-state index is 5.77. The number of anilines is 1. The second-order valence-electron chi connectivity index (χ2n) is 4.26. The van der Waals surface area contributed by atoms with Gasteiger partial charge in [0.1, 0.15) is 0 Å². The molecule has 0 bridgehead atoms. The summed E-state index contributed by atoms with van der Waals surface area (Å²) in [5.41, 5.74) is 10.4. The first-order valence-corrected chi connectivity index (χ1v) is 5.89. The highest BCUT2D eigenvalue weighted by Gasteiger charge is 2.09. The van der Waals surface area contributed by atoms with Gasteiger partial charge in [-0.25, -0.2) is 0 Å². The lowest BCUT2D eigenvalue weighted by Gasteiger charge is -2.02. The van der Waals surface area contributed by atoms with E-state index in [-0.39, 0.29) is 0 Å². The Bertz CT molecular complexity index is 528. The third-order valence-electron chi connectivity index (χ3n) is 2.80. The molecule has 2 N–H and O–H groups in total. The number of rotatable bonds is 3. The normalized spacial score (nSPS) is 10.8. The fraction of sp³-hybridized carbons (Fsp3) is 0.385. The molecule has 0 aliphatic heterocycles. The molecule has 17 heavy (non-hydrogen) atoms. The lowest BCUT2D eigenvalue weighted by molar-refractivity contribution is 0.598. The number of nitrogens with zero attached hydrogens (tertiary/aromatic N) is 3. The third-order valence-corrected chi connectivity index (χ3v) is 2.80. The standard InChI is InChI=1S/C13H18N4/c1-4-7-17-8-11(9(2)16-17)13-6-5-12(14)10(3)15-13/h5-6,8H,4,7,14H2,1-3H3. The molecule has 0 aliphatic carbocycles. The van der Waals surface area contributed by atoms with Crippen molar-refractivity contribution in [1.29, 1.82) is 0 Å². The molecule has 0 aromatic carbocycles. The largest absolute Gasteiger partial charge is 0.397 e. The first-order chi connectivity index (χ1) is 8.11. The van der Waals surface area contributed by atoms with Gasteiger partial charge in [0.25, 0.3) is 0 Å². The first kappa shape index (κ1) is 11.6. The number of nitrogens with two attached hydrogens (primary N) is 1. The molecule has 0 saturated carbocycles. The van der Waals surface area contributed by atoms with Crippen molar-refractivity contribution >= 4 is 5.69 Å². The van der Waals surface area contributed by atoms with E-state index < -0.39 is 0 Å². The lowest BCUT2D eigenvalue weighted by atomic mass is 10.1. The van der Waals surface area contributed by atoms with Crippen LogP contribution in [0.15, 0.2) is 18.3 Å². The monoisotopic (exact) mass is 230 g/mol. The van der Waals surface area contributed by atoms with Crippen LogP contribution in [0.3, 0.4) is 0 Å². The maximum atomic E-state index is 5.77. The quantitative estimate of drug-likeness (QED) is 0.881. The molecule has 2 aromatic heterocycles. The molecule has 0 unspecified atom stereocenters. The summed E-state index contributed by atoms with van der Waals surface area (Å²) in [4.78, 5) is 4.50. The average Bonchev–Trinajstić information content (AvgIpc) is 2.64. The number of nitrogen functional groups attached to an aromatic ring is 1. The molecule has 2 heterocycles. The van der Waals surface area contributed by atoms with Crippen molar-refractivity contribution in [1.82, 2.24) is 14.8 Å². The smallest absolute Gasteiger partial charge is 0.0741 e. The third kappa shape index (κ3) is 2.30. The van der Waals surface area contributed by atoms with Crippen molar-refractivity contribution in [2.24, 2.45) is 0 Å². The fourth-order valence-corrected chi connectivity index (χ4v) is 1.83. The van der Waals surface area contributed by atoms with E-state index in [0.29, 0.717) is 0 Å². The van der Waals surface area contributed by atoms with Crippen molar-refractivity contribution in [2.45, 2.75) is 33.7 Å². The minimum Gasteiger partial charge on any atom is -0.397 e. The summed E-state index contributed by atoms with van der Waals surface area (Å²) in [6.45, 7) is 7.01. The molecule has 4 heteroatoms. The zero-order valence-corrected chi connectivity index (χ0v) is 10.6. The minimum absolute atomic E-state index is 0.729. The molecule has 0 saturated heterocycles. The molecule has 90 valence electrons. The molecule has 0 aliphatic rings. The molecular weight excluding hydrogens is 212 g/mol. The second kappa shape index (κ2) is 4.57. The predicted molar refractivity (Wildman–Crippen MR) is 69.6 cm³/mol. The zero-order chi connectivity index (χ0) is 12.4. The molecular formula is C13H18N4. The molecule has 0 radical (unpaired) electrons. The minimum atomic E-state index is 0.729. The summed E-state index contributed by atoms with van der Waals surface area (Å²) in [5, 5.41) is 4.47. The van der Waals surface area contributed by atoms with E-state index in [1.165, 1.54) is 0 Å². The second-order valence-corrected chi connectivity index (χ2v) is 4.26. The SMILES string of the molecule is CCCn1cc(-c2ccc(N)c(C)n2)c(C)n1. The van der Waals surface area contributed by atoms with Crippen LogP contribution in [-0.4, -0.2) is 14.8 Å². The van der Waals surface area contributed by atoms with E-state index in [2.05, 4.69) is 23.2 Å². The van der Waals surface area contributed by atoms with E-state index in [4.69, 9.17) is 5.73 Å². The highest BCUT2D eigenvalue weighted by atomic mass is 15.3. The van der Waals surface area contributed by atoms with E-state index in [0.717, 1.165) is 41.3 Å². The summed E-state index contributed by atoms with van der Waals surface area (Å²) in [7, 11) is 0. The molecule has 2 aromatic rings. The van der Waals surface area contributed by atoms with Crippen LogP contribution >= 0.6 is 0 Å². The molecule has 0 atom stereocenters. The van der Waals surface area contributed by atoms with Gasteiger partial charge in [0, 0.05) is 18.3 Å². The van der Waals surface area contributed by atoms with Gasteiger partial charge in [0.15, 0.2) is 0 Å². The van der Waals surface area contributed by atoms with Crippen LogP contribution in [0.1, 0.15) is 24.7 Å². The van der Waals surface area contributed by atoms with Crippen LogP contribution in [-0.2, 0) is 6.54 Å². The number of hydrogen-bond donors (Lipinski definition) is 1. The van der Waals surface area contributed by atoms with Gasteiger partial charge in [0.05, 0.1) is 22.8 Å². The predicted octanol–water partition coefficient (Wildman–Crippen LogP) is 2.55. The van der Waals surface area contributed by atoms with Crippen molar-refractivity contribution in [3.8, 4) is 11.3 Å². The van der Waals surface area contributed by atoms with Crippen LogP contribution in [0.25, 0.3) is 11.3 Å². The number of aromatic nitrogens is 3. The van der Waals surface area contributed by atoms with Crippen LogP contribution in [0.2, 0.25) is 0 Å². The summed E-state index contributed by atoms with van der Waals surface area (Å²) in [6.07, 6.45) is 3.13. The van der Waals surface area contributed by atoms with E-state index >= 15 is 0 Å². The highest BCUT2D eigenvalue weighted by molar-refractivity contribution is 5.63. The first-order valence-electron chi connectivity index (χ1n) is 5.89. The summed E-state index contributed by atoms with van der Waals surface area (Å²) in [6, 6.07) is 3.84. The maximum Gasteiger partial charge on any atom is 0.0741 e. The fourth-order valence-electron chi connectivity index (χ4n) is 1.83. The van der Waals surface area contributed by atoms with Gasteiger partial charge in [-0.15, -0.1) is 0 Å². The zero-order valence-electron chi connectivity index (χ0n) is 10.6. The Labute approximate surface area is 101 Å². The summed E-state index contributed by atoms with van der Waals surface area (Å²) >= 11 is 0. The number of pyridine rings is 1. The molecule has 0 spiro atoms. The van der Waals surface area contributed by atoms with Crippen LogP contribution in [0.4, 0.5) is 5.69 Å². The van der Waals surface area contributed by atoms with Crippen molar-refractivity contribution in [3.63, 3.8) is 0 Å². The van der Waals surface area contributed by atoms with Crippen LogP contribution in [0, 0.1) is 13.8 Å². The number of hydrogen-bond acceptors (Lipinski definition) is 3. The Morgan fingerprint density at radius 3 is 2.65 bits per heavy atom. The molecule has 0 amide bonds. The van der Waals surface area contributed by atoms with E-state index in [9.17, 15) is 0 Å². The number of aryl methyl sites for hydroxylation is 3. The Kier molecular flexibility index (Phi) is 3.13. The molecule has 2 rings (SSSR count). The van der Waals surface area contributed by atoms with Gasteiger partial charge in [-0.3, -0.25) is 9.67 Å². The molecule has 0 fully saturated rings. The lowest BCUT2D eigenvalue weighted by Crippen LogP contribution is -1.96. The van der Waals surface area contributed by atoms with Crippen molar-refractivity contribution < 1.29 is 0 Å². The highest BCUT2D eigenvalue weighted by Crippen LogP contribution is 2.22. The average molecular weight is 230 g/mol. The molecule has 4 nitrogen and oxygen atoms in total. The Hall–Kier alpha value is -1.84. The van der Waals surface area contributed by atoms with Gasteiger partial charge in [0.2, 0.25) is 0 Å². The van der Waals surface area contributed by atoms with Crippen molar-refractivity contribution in [3.05, 3.63) is 29.7 Å². The van der Waals surface area contributed by atoms with E-state index in [1.807, 2.05) is 30.7 Å². The van der Waals surface area contributed by atoms with Gasteiger partial charge in [-0.1, -0.05) is 6.92 Å². The summed E-state index contributed by atoms with van der Waals surface area (Å²) < 4.78 is 1.97. The van der Waals surface area contributed by atoms with Crippen molar-refractivity contribution in [2.75, 3.05) is 5.73 Å². The van der Waals surface area contributed by atoms with Gasteiger partial charge < -0.3 is 5.73 Å². The Morgan fingerprint density at radius 2 is 2.00 bits per heavy atom. The Balaban J connectivity index is 2.41. The van der Waals surface area contributed by atoms with Crippen LogP contribution in [0.5, 0.6) is 0 Å². The van der Waals surface area contributed by atoms with Gasteiger partial charge >= 0.3 is 0 Å². The van der Waals surface area contributed by atoms with Crippen LogP contribution < -0.4 is 5.73 Å². The topological polar surface area (TPSA) is 56.7 Å². The Morgan fingerprint density at radius 1 is 1.24 bits per heavy atom.